The Balaban J connectivity index is 0.000000980. The standard InChI is InChI=1S/C11H16N2.HI/c1-8-11(2,3)9-6-5-7-13(4)10(9)12-8;/h5-8H,1-4H3;1H. The Labute approximate surface area is 103 Å². The van der Waals surface area contributed by atoms with Crippen LogP contribution < -0.4 is 33.9 Å². The minimum atomic E-state index is 0. The number of anilines is 1. The maximum atomic E-state index is 3.52. The van der Waals surface area contributed by atoms with Crippen molar-refractivity contribution in [2.45, 2.75) is 32.2 Å². The maximum absolute atomic E-state index is 3.52. The fraction of sp³-hybridized carbons (Fsp3) is 0.545. The van der Waals surface area contributed by atoms with Crippen molar-refractivity contribution < 1.29 is 28.5 Å². The predicted molar refractivity (Wildman–Crippen MR) is 53.7 cm³/mol. The van der Waals surface area contributed by atoms with Gasteiger partial charge in [0.15, 0.2) is 0 Å². The summed E-state index contributed by atoms with van der Waals surface area (Å²) in [6, 6.07) is 4.84. The van der Waals surface area contributed by atoms with E-state index in [2.05, 4.69) is 56.0 Å². The molecule has 3 heteroatoms. The molecule has 1 aliphatic rings. The van der Waals surface area contributed by atoms with Gasteiger partial charge in [-0.15, -0.1) is 0 Å². The molecule has 0 amide bonds. The van der Waals surface area contributed by atoms with Gasteiger partial charge in [-0.1, -0.05) is 13.8 Å². The number of nitrogens with zero attached hydrogens (tertiary/aromatic N) is 1. The molecule has 0 aromatic carbocycles. The van der Waals surface area contributed by atoms with Crippen LogP contribution in [0.4, 0.5) is 5.82 Å². The Morgan fingerprint density at radius 1 is 1.43 bits per heavy atom. The van der Waals surface area contributed by atoms with Gasteiger partial charge in [0.25, 0.3) is 5.82 Å². The lowest BCUT2D eigenvalue weighted by Gasteiger charge is -2.19. The molecule has 1 unspecified atom stereocenters. The number of pyridine rings is 1. The lowest BCUT2D eigenvalue weighted by molar-refractivity contribution is -0.657. The van der Waals surface area contributed by atoms with E-state index < -0.39 is 0 Å². The van der Waals surface area contributed by atoms with Crippen molar-refractivity contribution in [2.24, 2.45) is 7.05 Å². The van der Waals surface area contributed by atoms with Crippen LogP contribution in [0.2, 0.25) is 0 Å². The van der Waals surface area contributed by atoms with E-state index in [1.54, 1.807) is 0 Å². The highest BCUT2D eigenvalue weighted by Crippen LogP contribution is 2.37. The van der Waals surface area contributed by atoms with Crippen molar-refractivity contribution in [3.8, 4) is 0 Å². The molecule has 1 aromatic heterocycles. The summed E-state index contributed by atoms with van der Waals surface area (Å²) in [5.74, 6) is 1.26. The van der Waals surface area contributed by atoms with Crippen molar-refractivity contribution in [1.82, 2.24) is 0 Å². The monoisotopic (exact) mass is 304 g/mol. The van der Waals surface area contributed by atoms with Gasteiger partial charge < -0.3 is 24.0 Å². The molecule has 1 aliphatic heterocycles. The van der Waals surface area contributed by atoms with Gasteiger partial charge >= 0.3 is 0 Å². The summed E-state index contributed by atoms with van der Waals surface area (Å²) < 4.78 is 2.15. The highest BCUT2D eigenvalue weighted by Gasteiger charge is 2.42. The summed E-state index contributed by atoms with van der Waals surface area (Å²) in [5.41, 5.74) is 1.67. The van der Waals surface area contributed by atoms with Crippen LogP contribution in [0.1, 0.15) is 26.3 Å². The molecule has 2 nitrogen and oxygen atoms in total. The summed E-state index contributed by atoms with van der Waals surface area (Å²) in [6.07, 6.45) is 2.08. The molecular formula is C11H17IN2. The first kappa shape index (κ1) is 11.8. The van der Waals surface area contributed by atoms with Gasteiger partial charge in [0.1, 0.15) is 6.04 Å². The van der Waals surface area contributed by atoms with Gasteiger partial charge in [-0.05, 0) is 19.1 Å². The van der Waals surface area contributed by atoms with Gasteiger partial charge in [0.05, 0.1) is 18.8 Å². The molecule has 0 saturated heterocycles. The third-order valence-electron chi connectivity index (χ3n) is 3.31. The van der Waals surface area contributed by atoms with E-state index >= 15 is 0 Å². The Kier molecular flexibility index (Phi) is 3.09. The molecule has 2 rings (SSSR count). The number of aryl methyl sites for hydroxylation is 1. The normalized spacial score (nSPS) is 22.1. The molecule has 0 fully saturated rings. The Morgan fingerprint density at radius 2 is 2.07 bits per heavy atom. The highest BCUT2D eigenvalue weighted by atomic mass is 127. The van der Waals surface area contributed by atoms with Crippen molar-refractivity contribution in [3.63, 3.8) is 0 Å². The Hall–Kier alpha value is -0.320. The Bertz CT molecular complexity index is 347. The summed E-state index contributed by atoms with van der Waals surface area (Å²) in [7, 11) is 2.08. The minimum Gasteiger partial charge on any atom is -1.00 e. The maximum Gasteiger partial charge on any atom is 0.278 e. The molecule has 0 radical (unpaired) electrons. The summed E-state index contributed by atoms with van der Waals surface area (Å²) in [6.45, 7) is 6.81. The van der Waals surface area contributed by atoms with E-state index in [1.165, 1.54) is 11.4 Å². The summed E-state index contributed by atoms with van der Waals surface area (Å²) >= 11 is 0. The number of hydrogen-bond donors (Lipinski definition) is 1. The predicted octanol–water partition coefficient (Wildman–Crippen LogP) is -1.39. The number of fused-ring (bicyclic) bond motifs is 1. The van der Waals surface area contributed by atoms with Crippen molar-refractivity contribution >= 4 is 5.82 Å². The van der Waals surface area contributed by atoms with Gasteiger partial charge in [0.2, 0.25) is 0 Å². The first-order valence-electron chi connectivity index (χ1n) is 4.79. The summed E-state index contributed by atoms with van der Waals surface area (Å²) in [4.78, 5) is 0. The fourth-order valence-electron chi connectivity index (χ4n) is 1.93. The second-order valence-corrected chi connectivity index (χ2v) is 4.47. The van der Waals surface area contributed by atoms with E-state index in [0.29, 0.717) is 6.04 Å². The van der Waals surface area contributed by atoms with Gasteiger partial charge in [-0.3, -0.25) is 5.32 Å². The lowest BCUT2D eigenvalue weighted by atomic mass is 9.82. The topological polar surface area (TPSA) is 15.9 Å². The largest absolute Gasteiger partial charge is 1.00 e. The van der Waals surface area contributed by atoms with Crippen molar-refractivity contribution in [2.75, 3.05) is 5.32 Å². The zero-order chi connectivity index (χ0) is 9.64. The first-order chi connectivity index (χ1) is 6.03. The number of hydrogen-bond acceptors (Lipinski definition) is 1. The molecule has 0 aliphatic carbocycles. The van der Waals surface area contributed by atoms with E-state index in [4.69, 9.17) is 0 Å². The highest BCUT2D eigenvalue weighted by molar-refractivity contribution is 5.52. The van der Waals surface area contributed by atoms with Crippen LogP contribution in [-0.2, 0) is 12.5 Å². The van der Waals surface area contributed by atoms with Crippen LogP contribution >= 0.6 is 0 Å². The van der Waals surface area contributed by atoms with E-state index in [0.717, 1.165) is 0 Å². The van der Waals surface area contributed by atoms with Crippen LogP contribution in [0.5, 0.6) is 0 Å². The molecule has 0 saturated carbocycles. The van der Waals surface area contributed by atoms with Crippen LogP contribution in [0.25, 0.3) is 0 Å². The molecule has 1 aromatic rings. The van der Waals surface area contributed by atoms with Crippen LogP contribution in [-0.4, -0.2) is 6.04 Å². The molecule has 2 heterocycles. The smallest absolute Gasteiger partial charge is 0.278 e. The average molecular weight is 304 g/mol. The first-order valence-corrected chi connectivity index (χ1v) is 4.79. The molecule has 1 N–H and O–H groups in total. The van der Waals surface area contributed by atoms with Crippen LogP contribution in [0.3, 0.4) is 0 Å². The van der Waals surface area contributed by atoms with Crippen LogP contribution in [0.15, 0.2) is 18.3 Å². The second-order valence-electron chi connectivity index (χ2n) is 4.47. The third-order valence-corrected chi connectivity index (χ3v) is 3.31. The van der Waals surface area contributed by atoms with Crippen LogP contribution in [0, 0.1) is 0 Å². The third kappa shape index (κ3) is 1.51. The SMILES string of the molecule is CC1Nc2c(ccc[n+]2C)C1(C)C.[I-]. The van der Waals surface area contributed by atoms with Gasteiger partial charge in [-0.2, -0.15) is 0 Å². The Morgan fingerprint density at radius 3 is 2.64 bits per heavy atom. The van der Waals surface area contributed by atoms with E-state index in [1.807, 2.05) is 0 Å². The second kappa shape index (κ2) is 3.68. The van der Waals surface area contributed by atoms with Crippen molar-refractivity contribution in [3.05, 3.63) is 23.9 Å². The molecule has 0 bridgehead atoms. The van der Waals surface area contributed by atoms with E-state index in [-0.39, 0.29) is 29.4 Å². The minimum absolute atomic E-state index is 0. The lowest BCUT2D eigenvalue weighted by Crippen LogP contribution is -3.00. The zero-order valence-corrected chi connectivity index (χ0v) is 11.3. The molecule has 14 heavy (non-hydrogen) atoms. The van der Waals surface area contributed by atoms with Gasteiger partial charge in [-0.25, -0.2) is 4.57 Å². The quantitative estimate of drug-likeness (QED) is 0.461. The number of aromatic nitrogens is 1. The fourth-order valence-corrected chi connectivity index (χ4v) is 1.93. The average Bonchev–Trinajstić information content (AvgIpc) is 2.28. The molecule has 0 spiro atoms. The van der Waals surface area contributed by atoms with Crippen molar-refractivity contribution in [1.29, 1.82) is 0 Å². The van der Waals surface area contributed by atoms with E-state index in [9.17, 15) is 0 Å². The number of nitrogens with one attached hydrogen (secondary N) is 1. The zero-order valence-electron chi connectivity index (χ0n) is 9.13. The molecular weight excluding hydrogens is 287 g/mol. The molecule has 1 atom stereocenters. The number of halogens is 1. The van der Waals surface area contributed by atoms with Gasteiger partial charge in [0, 0.05) is 5.41 Å². The number of rotatable bonds is 0. The molecule has 78 valence electrons. The summed E-state index contributed by atoms with van der Waals surface area (Å²) in [5, 5.41) is 3.52.